The molecular formula is C7H9F3. The third-order valence-corrected chi connectivity index (χ3v) is 2.09. The molecule has 0 heterocycles. The van der Waals surface area contributed by atoms with Crippen molar-refractivity contribution in [3.05, 3.63) is 11.9 Å². The first kappa shape index (κ1) is 7.63. The van der Waals surface area contributed by atoms with Crippen LogP contribution in [0, 0.1) is 5.41 Å². The highest BCUT2D eigenvalue weighted by Gasteiger charge is 2.49. The third-order valence-electron chi connectivity index (χ3n) is 2.09. The minimum Gasteiger partial charge on any atom is -0.247 e. The molecule has 0 nitrogen and oxygen atoms in total. The van der Waals surface area contributed by atoms with Crippen LogP contribution in [0.4, 0.5) is 13.2 Å². The van der Waals surface area contributed by atoms with E-state index in [1.54, 1.807) is 0 Å². The molecule has 3 atom stereocenters. The van der Waals surface area contributed by atoms with Gasteiger partial charge >= 0.3 is 0 Å². The molecule has 1 aliphatic rings. The Labute approximate surface area is 57.7 Å². The molecule has 58 valence electrons. The number of halogens is 3. The van der Waals surface area contributed by atoms with Gasteiger partial charge in [-0.15, -0.1) is 0 Å². The molecule has 1 rings (SSSR count). The fourth-order valence-electron chi connectivity index (χ4n) is 0.961. The molecule has 0 spiro atoms. The third kappa shape index (κ3) is 0.762. The molecule has 1 aliphatic carbocycles. The monoisotopic (exact) mass is 150 g/mol. The van der Waals surface area contributed by atoms with E-state index in [1.165, 1.54) is 13.8 Å². The maximum absolute atomic E-state index is 12.5. The molecule has 3 heteroatoms. The van der Waals surface area contributed by atoms with Gasteiger partial charge in [0.15, 0.2) is 6.17 Å². The molecular weight excluding hydrogens is 141 g/mol. The van der Waals surface area contributed by atoms with Gasteiger partial charge in [-0.2, -0.15) is 0 Å². The summed E-state index contributed by atoms with van der Waals surface area (Å²) in [6.07, 6.45) is -2.07. The van der Waals surface area contributed by atoms with Crippen molar-refractivity contribution in [1.82, 2.24) is 0 Å². The van der Waals surface area contributed by atoms with Crippen LogP contribution in [0.5, 0.6) is 0 Å². The molecule has 0 aromatic heterocycles. The van der Waals surface area contributed by atoms with Gasteiger partial charge in [0.05, 0.1) is 5.41 Å². The van der Waals surface area contributed by atoms with Gasteiger partial charge in [-0.1, -0.05) is 0 Å². The molecule has 1 unspecified atom stereocenters. The summed E-state index contributed by atoms with van der Waals surface area (Å²) in [7, 11) is 0. The zero-order valence-corrected chi connectivity index (χ0v) is 5.87. The Morgan fingerprint density at radius 3 is 2.30 bits per heavy atom. The normalized spacial score (nSPS) is 42.1. The summed E-state index contributed by atoms with van der Waals surface area (Å²) in [4.78, 5) is 0. The van der Waals surface area contributed by atoms with E-state index in [2.05, 4.69) is 0 Å². The molecule has 0 fully saturated rings. The molecule has 10 heavy (non-hydrogen) atoms. The first-order valence-corrected chi connectivity index (χ1v) is 3.15. The Balaban J connectivity index is 2.77. The van der Waals surface area contributed by atoms with E-state index in [0.29, 0.717) is 0 Å². The lowest BCUT2D eigenvalue weighted by molar-refractivity contribution is 0.0557. The first-order valence-electron chi connectivity index (χ1n) is 3.15. The lowest BCUT2D eigenvalue weighted by Crippen LogP contribution is -2.42. The number of rotatable bonds is 1. The molecule has 0 aliphatic heterocycles. The minimum absolute atomic E-state index is 0.841. The van der Waals surface area contributed by atoms with E-state index in [4.69, 9.17) is 0 Å². The van der Waals surface area contributed by atoms with Crippen LogP contribution in [-0.4, -0.2) is 12.3 Å². The van der Waals surface area contributed by atoms with Gasteiger partial charge in [0, 0.05) is 0 Å². The Bertz CT molecular complexity index is 174. The van der Waals surface area contributed by atoms with Crippen molar-refractivity contribution in [3.8, 4) is 0 Å². The smallest absolute Gasteiger partial charge is 0.163 e. The average molecular weight is 150 g/mol. The minimum atomic E-state index is -1.74. The van der Waals surface area contributed by atoms with Crippen LogP contribution in [0.3, 0.4) is 0 Å². The van der Waals surface area contributed by atoms with Crippen LogP contribution in [0.25, 0.3) is 0 Å². The van der Waals surface area contributed by atoms with Crippen molar-refractivity contribution in [2.24, 2.45) is 5.41 Å². The summed E-state index contributed by atoms with van der Waals surface area (Å²) in [6, 6.07) is 0. The standard InChI is InChI=1S/C7H9F3/c1-4(8)7(2)3-5(9)6(7)10/h3-4,6H,1-2H3/t4-,6?,7+/m0/s1. The maximum Gasteiger partial charge on any atom is 0.163 e. The second kappa shape index (κ2) is 2.01. The van der Waals surface area contributed by atoms with Gasteiger partial charge < -0.3 is 0 Å². The number of alkyl halides is 2. The fraction of sp³-hybridized carbons (Fsp3) is 0.714. The molecule has 0 bridgehead atoms. The van der Waals surface area contributed by atoms with Gasteiger partial charge in [0.2, 0.25) is 0 Å². The van der Waals surface area contributed by atoms with E-state index in [9.17, 15) is 13.2 Å². The summed E-state index contributed by atoms with van der Waals surface area (Å²) in [6.45, 7) is 2.60. The number of hydrogen-bond acceptors (Lipinski definition) is 0. The highest BCUT2D eigenvalue weighted by molar-refractivity contribution is 5.26. The second-order valence-electron chi connectivity index (χ2n) is 2.87. The van der Waals surface area contributed by atoms with Crippen molar-refractivity contribution >= 4 is 0 Å². The Morgan fingerprint density at radius 2 is 2.20 bits per heavy atom. The van der Waals surface area contributed by atoms with Gasteiger partial charge in [0.1, 0.15) is 12.0 Å². The lowest BCUT2D eigenvalue weighted by Gasteiger charge is -2.37. The second-order valence-corrected chi connectivity index (χ2v) is 2.87. The highest BCUT2D eigenvalue weighted by atomic mass is 19.2. The molecule has 0 N–H and O–H groups in total. The van der Waals surface area contributed by atoms with E-state index in [1.807, 2.05) is 0 Å². The molecule has 0 aromatic rings. The topological polar surface area (TPSA) is 0 Å². The Hall–Kier alpha value is -0.470. The average Bonchev–Trinajstić information content (AvgIpc) is 1.87. The van der Waals surface area contributed by atoms with E-state index < -0.39 is 23.6 Å². The van der Waals surface area contributed by atoms with Gasteiger partial charge in [-0.25, -0.2) is 13.2 Å². The highest BCUT2D eigenvalue weighted by Crippen LogP contribution is 2.45. The van der Waals surface area contributed by atoms with Gasteiger partial charge in [0.25, 0.3) is 0 Å². The summed E-state index contributed by atoms with van der Waals surface area (Å²) >= 11 is 0. The summed E-state index contributed by atoms with van der Waals surface area (Å²) in [5, 5.41) is 0. The van der Waals surface area contributed by atoms with Crippen LogP contribution in [0.15, 0.2) is 11.9 Å². The summed E-state index contributed by atoms with van der Waals surface area (Å²) < 4.78 is 37.1. The van der Waals surface area contributed by atoms with Gasteiger partial charge in [-0.3, -0.25) is 0 Å². The summed E-state index contributed by atoms with van der Waals surface area (Å²) in [5.74, 6) is -0.841. The lowest BCUT2D eigenvalue weighted by atomic mass is 9.72. The molecule has 0 saturated heterocycles. The number of allylic oxidation sites excluding steroid dienone is 2. The molecule has 0 saturated carbocycles. The Morgan fingerprint density at radius 1 is 1.70 bits per heavy atom. The van der Waals surface area contributed by atoms with Crippen LogP contribution >= 0.6 is 0 Å². The van der Waals surface area contributed by atoms with Crippen molar-refractivity contribution in [2.45, 2.75) is 26.2 Å². The molecule has 0 aromatic carbocycles. The van der Waals surface area contributed by atoms with Gasteiger partial charge in [-0.05, 0) is 19.9 Å². The zero-order valence-electron chi connectivity index (χ0n) is 5.87. The molecule has 0 amide bonds. The van der Waals surface area contributed by atoms with Crippen LogP contribution in [-0.2, 0) is 0 Å². The predicted octanol–water partition coefficient (Wildman–Crippen LogP) is 2.56. The quantitative estimate of drug-likeness (QED) is 0.538. The molecule has 0 radical (unpaired) electrons. The van der Waals surface area contributed by atoms with E-state index in [-0.39, 0.29) is 0 Å². The largest absolute Gasteiger partial charge is 0.247 e. The fourth-order valence-corrected chi connectivity index (χ4v) is 0.961. The van der Waals surface area contributed by atoms with Crippen molar-refractivity contribution in [2.75, 3.05) is 0 Å². The van der Waals surface area contributed by atoms with E-state index in [0.717, 1.165) is 6.08 Å². The first-order chi connectivity index (χ1) is 4.48. The SMILES string of the molecule is C[C@H](F)[C@@]1(C)C=C(F)C1F. The van der Waals surface area contributed by atoms with Crippen molar-refractivity contribution < 1.29 is 13.2 Å². The van der Waals surface area contributed by atoms with Crippen LogP contribution < -0.4 is 0 Å². The van der Waals surface area contributed by atoms with Crippen molar-refractivity contribution in [1.29, 1.82) is 0 Å². The zero-order chi connectivity index (χ0) is 7.94. The number of hydrogen-bond donors (Lipinski definition) is 0. The maximum atomic E-state index is 12.5. The summed E-state index contributed by atoms with van der Waals surface area (Å²) in [5.41, 5.74) is -1.22. The van der Waals surface area contributed by atoms with Crippen molar-refractivity contribution in [3.63, 3.8) is 0 Å². The predicted molar refractivity (Wildman–Crippen MR) is 32.8 cm³/mol. The van der Waals surface area contributed by atoms with Crippen LogP contribution in [0.2, 0.25) is 0 Å². The van der Waals surface area contributed by atoms with E-state index >= 15 is 0 Å². The van der Waals surface area contributed by atoms with Crippen LogP contribution in [0.1, 0.15) is 13.8 Å². The Kier molecular flexibility index (Phi) is 1.53.